The van der Waals surface area contributed by atoms with Gasteiger partial charge in [-0.25, -0.2) is 4.39 Å². The van der Waals surface area contributed by atoms with E-state index < -0.39 is 5.54 Å². The molecule has 2 aromatic rings. The maximum absolute atomic E-state index is 13.3. The topological polar surface area (TPSA) is 54.5 Å². The molecule has 1 unspecified atom stereocenters. The first-order chi connectivity index (χ1) is 12.5. The number of nitrogens with one attached hydrogen (secondary N) is 1. The van der Waals surface area contributed by atoms with E-state index in [4.69, 9.17) is 4.74 Å². The maximum Gasteiger partial charge on any atom is 0.240 e. The van der Waals surface area contributed by atoms with Gasteiger partial charge in [0.15, 0.2) is 0 Å². The summed E-state index contributed by atoms with van der Waals surface area (Å²) >= 11 is 0. The normalized spacial score (nSPS) is 16.9. The molecule has 138 valence electrons. The number of morpholine rings is 1. The van der Waals surface area contributed by atoms with Crippen LogP contribution in [0.2, 0.25) is 0 Å². The standard InChI is InChI=1S/C20H24FN3O2/c1-20(2,24-11-13-26-14-12-24)19(25)23-18(16-7-9-22-10-8-16)15-3-5-17(21)6-4-15/h3-10,18H,11-14H2,1-2H3,(H,23,25). The van der Waals surface area contributed by atoms with Gasteiger partial charge in [0, 0.05) is 25.5 Å². The lowest BCUT2D eigenvalue weighted by Gasteiger charge is -2.40. The van der Waals surface area contributed by atoms with Crippen molar-refractivity contribution in [3.05, 3.63) is 65.7 Å². The lowest BCUT2D eigenvalue weighted by Crippen LogP contribution is -2.58. The third-order valence-corrected chi connectivity index (χ3v) is 4.88. The van der Waals surface area contributed by atoms with Gasteiger partial charge in [0.2, 0.25) is 5.91 Å². The van der Waals surface area contributed by atoms with Crippen LogP contribution in [-0.2, 0) is 9.53 Å². The Morgan fingerprint density at radius 3 is 2.31 bits per heavy atom. The third kappa shape index (κ3) is 4.08. The van der Waals surface area contributed by atoms with E-state index in [1.165, 1.54) is 12.1 Å². The first-order valence-electron chi connectivity index (χ1n) is 8.77. The third-order valence-electron chi connectivity index (χ3n) is 4.88. The highest BCUT2D eigenvalue weighted by Gasteiger charge is 2.36. The molecule has 1 amide bonds. The Hall–Kier alpha value is -2.31. The predicted octanol–water partition coefficient (Wildman–Crippen LogP) is 2.54. The number of ether oxygens (including phenoxy) is 1. The number of rotatable bonds is 5. The monoisotopic (exact) mass is 357 g/mol. The van der Waals surface area contributed by atoms with Crippen LogP contribution in [0.1, 0.15) is 31.0 Å². The molecule has 0 radical (unpaired) electrons. The maximum atomic E-state index is 13.3. The Morgan fingerprint density at radius 2 is 1.69 bits per heavy atom. The SMILES string of the molecule is CC(C)(C(=O)NC(c1ccncc1)c1ccc(F)cc1)N1CCOCC1. The minimum absolute atomic E-state index is 0.0782. The highest BCUT2D eigenvalue weighted by atomic mass is 19.1. The summed E-state index contributed by atoms with van der Waals surface area (Å²) in [5, 5.41) is 3.13. The van der Waals surface area contributed by atoms with E-state index in [9.17, 15) is 9.18 Å². The van der Waals surface area contributed by atoms with Crippen molar-refractivity contribution in [3.63, 3.8) is 0 Å². The Labute approximate surface area is 153 Å². The molecule has 1 atom stereocenters. The molecule has 0 aliphatic carbocycles. The van der Waals surface area contributed by atoms with Gasteiger partial charge in [0.05, 0.1) is 24.8 Å². The molecule has 0 saturated carbocycles. The summed E-state index contributed by atoms with van der Waals surface area (Å²) in [5.74, 6) is -0.382. The van der Waals surface area contributed by atoms with Crippen molar-refractivity contribution in [1.29, 1.82) is 0 Å². The number of carbonyl (C=O) groups is 1. The highest BCUT2D eigenvalue weighted by molar-refractivity contribution is 5.86. The van der Waals surface area contributed by atoms with E-state index in [2.05, 4.69) is 15.2 Å². The number of amides is 1. The molecular weight excluding hydrogens is 333 g/mol. The molecule has 26 heavy (non-hydrogen) atoms. The molecule has 1 aromatic carbocycles. The highest BCUT2D eigenvalue weighted by Crippen LogP contribution is 2.24. The fourth-order valence-corrected chi connectivity index (χ4v) is 3.14. The van der Waals surface area contributed by atoms with E-state index in [1.54, 1.807) is 24.5 Å². The molecule has 0 spiro atoms. The van der Waals surface area contributed by atoms with Crippen LogP contribution in [0.4, 0.5) is 4.39 Å². The number of benzene rings is 1. The van der Waals surface area contributed by atoms with Crippen LogP contribution in [0, 0.1) is 5.82 Å². The number of aromatic nitrogens is 1. The van der Waals surface area contributed by atoms with Gasteiger partial charge in [-0.2, -0.15) is 0 Å². The van der Waals surface area contributed by atoms with Gasteiger partial charge in [-0.05, 0) is 49.2 Å². The van der Waals surface area contributed by atoms with Crippen molar-refractivity contribution in [1.82, 2.24) is 15.2 Å². The summed E-state index contributed by atoms with van der Waals surface area (Å²) in [6.45, 7) is 6.53. The number of nitrogens with zero attached hydrogens (tertiary/aromatic N) is 2. The van der Waals surface area contributed by atoms with Crippen LogP contribution in [-0.4, -0.2) is 47.6 Å². The molecule has 6 heteroatoms. The minimum Gasteiger partial charge on any atom is -0.379 e. The Morgan fingerprint density at radius 1 is 1.12 bits per heavy atom. The molecule has 5 nitrogen and oxygen atoms in total. The molecular formula is C20H24FN3O2. The first-order valence-corrected chi connectivity index (χ1v) is 8.77. The second-order valence-electron chi connectivity index (χ2n) is 6.90. The fraction of sp³-hybridized carbons (Fsp3) is 0.400. The van der Waals surface area contributed by atoms with Crippen LogP contribution in [0.5, 0.6) is 0 Å². The van der Waals surface area contributed by atoms with Crippen LogP contribution >= 0.6 is 0 Å². The van der Waals surface area contributed by atoms with Gasteiger partial charge in [-0.15, -0.1) is 0 Å². The lowest BCUT2D eigenvalue weighted by molar-refractivity contribution is -0.135. The predicted molar refractivity (Wildman–Crippen MR) is 97.1 cm³/mol. The second kappa shape index (κ2) is 7.93. The molecule has 1 N–H and O–H groups in total. The zero-order chi connectivity index (χ0) is 18.6. The summed E-state index contributed by atoms with van der Waals surface area (Å²) in [7, 11) is 0. The van der Waals surface area contributed by atoms with Crippen molar-refractivity contribution in [2.75, 3.05) is 26.3 Å². The fourth-order valence-electron chi connectivity index (χ4n) is 3.14. The molecule has 2 heterocycles. The number of carbonyl (C=O) groups excluding carboxylic acids is 1. The second-order valence-corrected chi connectivity index (χ2v) is 6.90. The van der Waals surface area contributed by atoms with Crippen LogP contribution in [0.25, 0.3) is 0 Å². The summed E-state index contributed by atoms with van der Waals surface area (Å²) in [5.41, 5.74) is 1.05. The molecule has 1 fully saturated rings. The van der Waals surface area contributed by atoms with Gasteiger partial charge in [-0.1, -0.05) is 12.1 Å². The minimum atomic E-state index is -0.672. The van der Waals surface area contributed by atoms with E-state index in [0.29, 0.717) is 13.2 Å². The van der Waals surface area contributed by atoms with Crippen LogP contribution in [0.15, 0.2) is 48.8 Å². The van der Waals surface area contributed by atoms with E-state index in [-0.39, 0.29) is 17.8 Å². The summed E-state index contributed by atoms with van der Waals surface area (Å²) in [4.78, 5) is 19.3. The molecule has 3 rings (SSSR count). The van der Waals surface area contributed by atoms with Crippen molar-refractivity contribution in [2.45, 2.75) is 25.4 Å². The van der Waals surface area contributed by atoms with Crippen molar-refractivity contribution >= 4 is 5.91 Å². The lowest BCUT2D eigenvalue weighted by atomic mass is 9.96. The summed E-state index contributed by atoms with van der Waals surface area (Å²) in [6, 6.07) is 9.55. The van der Waals surface area contributed by atoms with Crippen LogP contribution < -0.4 is 5.32 Å². The Kier molecular flexibility index (Phi) is 5.64. The zero-order valence-electron chi connectivity index (χ0n) is 15.1. The first kappa shape index (κ1) is 18.5. The molecule has 0 bridgehead atoms. The number of pyridine rings is 1. The molecule has 1 aromatic heterocycles. The average molecular weight is 357 g/mol. The number of hydrogen-bond acceptors (Lipinski definition) is 4. The van der Waals surface area contributed by atoms with Crippen molar-refractivity contribution in [2.24, 2.45) is 0 Å². The smallest absolute Gasteiger partial charge is 0.240 e. The van der Waals surface area contributed by atoms with E-state index in [1.807, 2.05) is 26.0 Å². The molecule has 1 aliphatic rings. The van der Waals surface area contributed by atoms with E-state index in [0.717, 1.165) is 24.2 Å². The van der Waals surface area contributed by atoms with Gasteiger partial charge in [0.25, 0.3) is 0 Å². The van der Waals surface area contributed by atoms with Crippen LogP contribution in [0.3, 0.4) is 0 Å². The van der Waals surface area contributed by atoms with Crippen molar-refractivity contribution < 1.29 is 13.9 Å². The largest absolute Gasteiger partial charge is 0.379 e. The van der Waals surface area contributed by atoms with Gasteiger partial charge in [0.1, 0.15) is 5.82 Å². The zero-order valence-corrected chi connectivity index (χ0v) is 15.1. The molecule has 1 aliphatic heterocycles. The summed E-state index contributed by atoms with van der Waals surface area (Å²) < 4.78 is 18.7. The molecule has 1 saturated heterocycles. The van der Waals surface area contributed by atoms with Gasteiger partial charge in [-0.3, -0.25) is 14.7 Å². The summed E-state index contributed by atoms with van der Waals surface area (Å²) in [6.07, 6.45) is 3.37. The average Bonchev–Trinajstić information content (AvgIpc) is 2.68. The van der Waals surface area contributed by atoms with Gasteiger partial charge < -0.3 is 10.1 Å². The Balaban J connectivity index is 1.85. The number of halogens is 1. The number of hydrogen-bond donors (Lipinski definition) is 1. The van der Waals surface area contributed by atoms with Gasteiger partial charge >= 0.3 is 0 Å². The van der Waals surface area contributed by atoms with Crippen molar-refractivity contribution in [3.8, 4) is 0 Å². The quantitative estimate of drug-likeness (QED) is 0.894. The van der Waals surface area contributed by atoms with E-state index >= 15 is 0 Å². The Bertz CT molecular complexity index is 728.